The third kappa shape index (κ3) is 4.74. The van der Waals surface area contributed by atoms with E-state index in [4.69, 9.17) is 9.47 Å². The normalized spacial score (nSPS) is 16.9. The highest BCUT2D eigenvalue weighted by Crippen LogP contribution is 2.69. The Labute approximate surface area is 338 Å². The third-order valence-electron chi connectivity index (χ3n) is 12.6. The van der Waals surface area contributed by atoms with E-state index in [9.17, 15) is 0 Å². The number of benzene rings is 8. The summed E-state index contributed by atoms with van der Waals surface area (Å²) in [5.41, 5.74) is 14.8. The zero-order valence-corrected chi connectivity index (χ0v) is 31.6. The predicted octanol–water partition coefficient (Wildman–Crippen LogP) is 14.5. The minimum Gasteiger partial charge on any atom is -0.449 e. The Balaban J connectivity index is 1.06. The van der Waals surface area contributed by atoms with Gasteiger partial charge in [0.25, 0.3) is 0 Å². The van der Waals surface area contributed by atoms with Crippen LogP contribution in [0.2, 0.25) is 0 Å². The Bertz CT molecular complexity index is 2860. The summed E-state index contributed by atoms with van der Waals surface area (Å²) in [5.74, 6) is 3.28. The van der Waals surface area contributed by atoms with Crippen molar-refractivity contribution < 1.29 is 9.47 Å². The molecule has 12 rings (SSSR count). The average Bonchev–Trinajstić information content (AvgIpc) is 3.77. The molecule has 2 atom stereocenters. The SMILES string of the molecule is C1=CC2c3ccc4c(c3C3(c5ccccc5-c5ccccc53)C2C=C1)Oc1cccc(N(c2ccccc2)c2cc(-c3ccccc3)cc(-c3ccccc3)c2)c1O4. The summed E-state index contributed by atoms with van der Waals surface area (Å²) in [6, 6.07) is 67.2. The van der Waals surface area contributed by atoms with Gasteiger partial charge in [0.2, 0.25) is 0 Å². The van der Waals surface area contributed by atoms with Gasteiger partial charge in [-0.3, -0.25) is 0 Å². The van der Waals surface area contributed by atoms with E-state index in [-0.39, 0.29) is 11.8 Å². The van der Waals surface area contributed by atoms with Crippen molar-refractivity contribution in [3.05, 3.63) is 235 Å². The predicted molar refractivity (Wildman–Crippen MR) is 235 cm³/mol. The molecule has 2 unspecified atom stereocenters. The number of hydrogen-bond acceptors (Lipinski definition) is 3. The number of allylic oxidation sites excluding steroid dienone is 4. The standard InChI is InChI=1S/C55H37NO2/c1-4-17-36(18-5-1)38-33-39(37-19-6-2-7-20-37)35-41(34-38)56(40-21-8-3-9-22-40)49-29-16-30-50-53(49)57-51-32-31-45-44-25-12-15-28-48(44)55(52(45)54(51)58-50)46-26-13-10-23-42(46)43-24-11-14-27-47(43)55/h1-35,44,48H. The lowest BCUT2D eigenvalue weighted by Crippen LogP contribution is -2.33. The fourth-order valence-electron chi connectivity index (χ4n) is 10.2. The van der Waals surface area contributed by atoms with Crippen molar-refractivity contribution in [2.24, 2.45) is 5.92 Å². The largest absolute Gasteiger partial charge is 0.449 e. The van der Waals surface area contributed by atoms with Crippen LogP contribution in [0.1, 0.15) is 28.2 Å². The van der Waals surface area contributed by atoms with Crippen LogP contribution < -0.4 is 14.4 Å². The average molecular weight is 744 g/mol. The van der Waals surface area contributed by atoms with E-state index in [1.54, 1.807) is 0 Å². The second kappa shape index (κ2) is 12.8. The van der Waals surface area contributed by atoms with Gasteiger partial charge < -0.3 is 14.4 Å². The maximum absolute atomic E-state index is 7.29. The molecule has 0 radical (unpaired) electrons. The van der Waals surface area contributed by atoms with E-state index >= 15 is 0 Å². The van der Waals surface area contributed by atoms with Gasteiger partial charge in [0.1, 0.15) is 0 Å². The summed E-state index contributed by atoms with van der Waals surface area (Å²) in [6.45, 7) is 0. The molecule has 0 aromatic heterocycles. The molecule has 8 aromatic carbocycles. The number of anilines is 3. The van der Waals surface area contributed by atoms with Crippen LogP contribution in [0.3, 0.4) is 0 Å². The van der Waals surface area contributed by atoms with E-state index in [2.05, 4.69) is 211 Å². The minimum absolute atomic E-state index is 0.185. The van der Waals surface area contributed by atoms with Crippen LogP contribution in [0.4, 0.5) is 17.1 Å². The summed E-state index contributed by atoms with van der Waals surface area (Å²) in [4.78, 5) is 2.30. The van der Waals surface area contributed by atoms with Crippen LogP contribution in [0.5, 0.6) is 23.0 Å². The number of ether oxygens (including phenoxy) is 2. The smallest absolute Gasteiger partial charge is 0.194 e. The summed E-state index contributed by atoms with van der Waals surface area (Å²) in [6.07, 6.45) is 9.20. The first-order chi connectivity index (χ1) is 28.8. The van der Waals surface area contributed by atoms with E-state index in [1.807, 2.05) is 6.07 Å². The molecule has 3 heteroatoms. The highest BCUT2D eigenvalue weighted by molar-refractivity contribution is 5.90. The summed E-state index contributed by atoms with van der Waals surface area (Å²) >= 11 is 0. The van der Waals surface area contributed by atoms with Gasteiger partial charge in [-0.1, -0.05) is 164 Å². The second-order valence-corrected chi connectivity index (χ2v) is 15.6. The number of fused-ring (bicyclic) bond motifs is 13. The molecule has 0 amide bonds. The quantitative estimate of drug-likeness (QED) is 0.175. The lowest BCUT2D eigenvalue weighted by atomic mass is 9.65. The Kier molecular flexibility index (Phi) is 7.27. The van der Waals surface area contributed by atoms with Crippen LogP contribution >= 0.6 is 0 Å². The molecule has 4 aliphatic rings. The van der Waals surface area contributed by atoms with Crippen molar-refractivity contribution in [3.63, 3.8) is 0 Å². The monoisotopic (exact) mass is 743 g/mol. The van der Waals surface area contributed by atoms with Gasteiger partial charge in [0.05, 0.1) is 11.1 Å². The fraction of sp³-hybridized carbons (Fsp3) is 0.0545. The molecule has 0 saturated carbocycles. The molecule has 0 bridgehead atoms. The van der Waals surface area contributed by atoms with Gasteiger partial charge >= 0.3 is 0 Å². The van der Waals surface area contributed by atoms with Crippen molar-refractivity contribution in [1.29, 1.82) is 0 Å². The molecule has 1 aliphatic heterocycles. The maximum atomic E-state index is 7.29. The van der Waals surface area contributed by atoms with E-state index in [0.717, 1.165) is 50.8 Å². The Morgan fingerprint density at radius 1 is 0.431 bits per heavy atom. The summed E-state index contributed by atoms with van der Waals surface area (Å²) < 4.78 is 14.5. The van der Waals surface area contributed by atoms with E-state index in [0.29, 0.717) is 11.5 Å². The number of rotatable bonds is 5. The molecule has 274 valence electrons. The van der Waals surface area contributed by atoms with Gasteiger partial charge in [-0.05, 0) is 98.6 Å². The number of para-hydroxylation sites is 2. The van der Waals surface area contributed by atoms with Crippen LogP contribution in [0.15, 0.2) is 212 Å². The molecule has 0 saturated heterocycles. The topological polar surface area (TPSA) is 21.7 Å². The highest BCUT2D eigenvalue weighted by Gasteiger charge is 2.59. The molecule has 58 heavy (non-hydrogen) atoms. The number of hydrogen-bond donors (Lipinski definition) is 0. The fourth-order valence-corrected chi connectivity index (χ4v) is 10.2. The van der Waals surface area contributed by atoms with Gasteiger partial charge in [0, 0.05) is 28.8 Å². The minimum atomic E-state index is -0.444. The summed E-state index contributed by atoms with van der Waals surface area (Å²) in [5, 5.41) is 0. The molecular weight excluding hydrogens is 707 g/mol. The zero-order valence-electron chi connectivity index (χ0n) is 31.6. The van der Waals surface area contributed by atoms with Crippen molar-refractivity contribution in [2.75, 3.05) is 4.90 Å². The van der Waals surface area contributed by atoms with Crippen molar-refractivity contribution in [2.45, 2.75) is 11.3 Å². The Morgan fingerprint density at radius 3 is 1.67 bits per heavy atom. The van der Waals surface area contributed by atoms with Crippen LogP contribution in [-0.2, 0) is 5.41 Å². The third-order valence-corrected chi connectivity index (χ3v) is 12.6. The van der Waals surface area contributed by atoms with E-state index in [1.165, 1.54) is 33.4 Å². The molecule has 3 aliphatic carbocycles. The van der Waals surface area contributed by atoms with Crippen molar-refractivity contribution in [3.8, 4) is 56.4 Å². The van der Waals surface area contributed by atoms with Crippen molar-refractivity contribution >= 4 is 17.1 Å². The first-order valence-electron chi connectivity index (χ1n) is 20.1. The van der Waals surface area contributed by atoms with Crippen LogP contribution in [0.25, 0.3) is 33.4 Å². The first kappa shape index (κ1) is 32.8. The molecule has 0 fully saturated rings. The first-order valence-corrected chi connectivity index (χ1v) is 20.1. The molecule has 1 spiro atoms. The van der Waals surface area contributed by atoms with Gasteiger partial charge in [0.15, 0.2) is 23.0 Å². The Morgan fingerprint density at radius 2 is 1.00 bits per heavy atom. The van der Waals surface area contributed by atoms with Crippen LogP contribution in [-0.4, -0.2) is 0 Å². The number of nitrogens with zero attached hydrogens (tertiary/aromatic N) is 1. The highest BCUT2D eigenvalue weighted by atomic mass is 16.6. The summed E-state index contributed by atoms with van der Waals surface area (Å²) in [7, 11) is 0. The van der Waals surface area contributed by atoms with Crippen molar-refractivity contribution in [1.82, 2.24) is 0 Å². The molecule has 3 nitrogen and oxygen atoms in total. The van der Waals surface area contributed by atoms with E-state index < -0.39 is 5.41 Å². The molecular formula is C55H37NO2. The maximum Gasteiger partial charge on any atom is 0.194 e. The molecule has 1 heterocycles. The van der Waals surface area contributed by atoms with Crippen LogP contribution in [0, 0.1) is 5.92 Å². The lowest BCUT2D eigenvalue weighted by molar-refractivity contribution is 0.350. The molecule has 0 N–H and O–H groups in total. The lowest BCUT2D eigenvalue weighted by Gasteiger charge is -2.37. The zero-order chi connectivity index (χ0) is 38.2. The molecule has 8 aromatic rings. The van der Waals surface area contributed by atoms with Gasteiger partial charge in [-0.2, -0.15) is 0 Å². The second-order valence-electron chi connectivity index (χ2n) is 15.6. The van der Waals surface area contributed by atoms with Gasteiger partial charge in [-0.25, -0.2) is 0 Å². The van der Waals surface area contributed by atoms with Gasteiger partial charge in [-0.15, -0.1) is 0 Å². The Hall–Kier alpha value is -7.36.